The lowest BCUT2D eigenvalue weighted by atomic mass is 9.88. The lowest BCUT2D eigenvalue weighted by Gasteiger charge is -2.32. The lowest BCUT2D eigenvalue weighted by molar-refractivity contribution is -0.143. The zero-order valence-corrected chi connectivity index (χ0v) is 39.3. The van der Waals surface area contributed by atoms with Crippen LogP contribution >= 0.6 is 0 Å². The Hall–Kier alpha value is -6.28. The summed E-state index contributed by atoms with van der Waals surface area (Å²) in [6, 6.07) is 15.7. The van der Waals surface area contributed by atoms with E-state index in [4.69, 9.17) is 26.7 Å². The monoisotopic (exact) mass is 922 g/mol. The van der Waals surface area contributed by atoms with Gasteiger partial charge in [-0.15, -0.1) is 0 Å². The molecule has 16 nitrogen and oxygen atoms in total. The number of likely N-dealkylation sites (N-methyl/N-ethyl adjacent to an activating group) is 1. The van der Waals surface area contributed by atoms with E-state index in [1.807, 2.05) is 25.1 Å². The SMILES string of the molecule is CCCCc1ccc(C(=O)CCC(=O)NCC(=O)C[C@@H](CCN)C(=O)N(C)[C@@H]2C(=O)C[C@@H](C)C(=O)N[C@H](C(=O)CCC#N)Cc3ccc(OCCN)c(c3)-c3cc2ccc3OCCN)c(C)c1. The van der Waals surface area contributed by atoms with Gasteiger partial charge in [0, 0.05) is 87.2 Å². The van der Waals surface area contributed by atoms with E-state index in [1.165, 1.54) is 11.9 Å². The highest BCUT2D eigenvalue weighted by molar-refractivity contribution is 6.00. The summed E-state index contributed by atoms with van der Waals surface area (Å²) in [5.74, 6) is -4.22. The van der Waals surface area contributed by atoms with Gasteiger partial charge in [-0.25, -0.2) is 0 Å². The summed E-state index contributed by atoms with van der Waals surface area (Å²) in [5.41, 5.74) is 22.2. The molecule has 4 bridgehead atoms. The molecule has 4 atom stereocenters. The number of ether oxygens (including phenoxy) is 2. The van der Waals surface area contributed by atoms with Gasteiger partial charge in [-0.2, -0.15) is 5.26 Å². The van der Waals surface area contributed by atoms with Crippen LogP contribution in [-0.4, -0.2) is 98.2 Å². The first kappa shape index (κ1) is 53.3. The quantitative estimate of drug-likeness (QED) is 0.0782. The number of hydrogen-bond donors (Lipinski definition) is 5. The maximum absolute atomic E-state index is 14.6. The highest BCUT2D eigenvalue weighted by atomic mass is 16.5. The van der Waals surface area contributed by atoms with Crippen LogP contribution in [0.1, 0.15) is 110 Å². The summed E-state index contributed by atoms with van der Waals surface area (Å²) >= 11 is 0. The molecule has 0 spiro atoms. The Bertz CT molecular complexity index is 2290. The third kappa shape index (κ3) is 15.4. The molecule has 8 N–H and O–H groups in total. The van der Waals surface area contributed by atoms with E-state index in [1.54, 1.807) is 49.4 Å². The lowest BCUT2D eigenvalue weighted by Crippen LogP contribution is -2.46. The molecule has 0 saturated heterocycles. The van der Waals surface area contributed by atoms with E-state index < -0.39 is 53.2 Å². The van der Waals surface area contributed by atoms with Crippen molar-refractivity contribution in [2.24, 2.45) is 29.0 Å². The molecule has 67 heavy (non-hydrogen) atoms. The van der Waals surface area contributed by atoms with Crippen molar-refractivity contribution < 1.29 is 43.0 Å². The van der Waals surface area contributed by atoms with Gasteiger partial charge in [0.2, 0.25) is 17.7 Å². The van der Waals surface area contributed by atoms with Crippen molar-refractivity contribution in [1.29, 1.82) is 5.26 Å². The Morgan fingerprint density at radius 1 is 0.896 bits per heavy atom. The summed E-state index contributed by atoms with van der Waals surface area (Å²) in [6.45, 7) is 5.90. The molecule has 0 unspecified atom stereocenters. The topological polar surface area (TPSA) is 267 Å². The molecule has 0 radical (unpaired) electrons. The van der Waals surface area contributed by atoms with E-state index in [0.29, 0.717) is 39.3 Å². The summed E-state index contributed by atoms with van der Waals surface area (Å²) in [6.07, 6.45) is 2.27. The number of amides is 3. The standard InChI is InChI=1S/C51H67N7O9/c1-5-6-8-34-10-13-39(32(2)25-34)43(60)14-17-48(63)56-31-38(59)29-37(18-20-53)51(65)58(4)49-36-12-16-47(67-24-22-55)41(30-36)40-27-35(11-15-46(40)66-23-21-54)28-42(44(61)9-7-19-52)57-50(64)33(3)26-45(49)62/h10-13,15-16,25,27,30,33,37,42,49H,5-9,14,17-18,20-24,26,28-29,31,53-55H2,1-4H3,(H,56,63)(H,57,64)/t33-,37-,42+,49+/m1/s1. The van der Waals surface area contributed by atoms with Crippen LogP contribution < -0.4 is 37.3 Å². The van der Waals surface area contributed by atoms with Crippen LogP contribution in [0.4, 0.5) is 0 Å². The van der Waals surface area contributed by atoms with Crippen molar-refractivity contribution >= 4 is 40.9 Å². The average Bonchev–Trinajstić information content (AvgIpc) is 3.31. The zero-order chi connectivity index (χ0) is 49.0. The molecular weight excluding hydrogens is 855 g/mol. The number of nitrogens with one attached hydrogen (secondary N) is 2. The number of nitrogens with two attached hydrogens (primary N) is 3. The number of ketones is 4. The molecule has 360 valence electrons. The molecule has 1 aliphatic rings. The second-order valence-corrected chi connectivity index (χ2v) is 17.1. The van der Waals surface area contributed by atoms with Crippen molar-refractivity contribution in [3.63, 3.8) is 0 Å². The number of rotatable bonds is 24. The zero-order valence-electron chi connectivity index (χ0n) is 39.3. The van der Waals surface area contributed by atoms with Crippen LogP contribution in [0, 0.1) is 30.1 Å². The molecular formula is C51H67N7O9. The number of fused-ring (bicyclic) bond motifs is 5. The first-order valence-electron chi connectivity index (χ1n) is 23.2. The number of benzene rings is 3. The van der Waals surface area contributed by atoms with Gasteiger partial charge in [0.05, 0.1) is 18.7 Å². The fourth-order valence-corrected chi connectivity index (χ4v) is 8.21. The summed E-state index contributed by atoms with van der Waals surface area (Å²) < 4.78 is 12.2. The minimum Gasteiger partial charge on any atom is -0.492 e. The Balaban J connectivity index is 1.63. The van der Waals surface area contributed by atoms with Crippen molar-refractivity contribution in [3.8, 4) is 28.7 Å². The van der Waals surface area contributed by atoms with E-state index in [2.05, 4.69) is 17.6 Å². The van der Waals surface area contributed by atoms with Crippen molar-refractivity contribution in [2.75, 3.05) is 46.4 Å². The van der Waals surface area contributed by atoms with E-state index in [-0.39, 0.29) is 102 Å². The van der Waals surface area contributed by atoms with Gasteiger partial charge >= 0.3 is 0 Å². The Labute approximate surface area is 393 Å². The number of nitriles is 1. The molecule has 0 fully saturated rings. The van der Waals surface area contributed by atoms with Gasteiger partial charge in [0.1, 0.15) is 30.8 Å². The number of hydrogen-bond acceptors (Lipinski definition) is 13. The predicted octanol–water partition coefficient (Wildman–Crippen LogP) is 4.39. The van der Waals surface area contributed by atoms with Gasteiger partial charge in [0.25, 0.3) is 0 Å². The summed E-state index contributed by atoms with van der Waals surface area (Å²) in [4.78, 5) is 96.9. The predicted molar refractivity (Wildman–Crippen MR) is 254 cm³/mol. The molecule has 3 amide bonds. The van der Waals surface area contributed by atoms with Gasteiger partial charge in [-0.05, 0) is 85.7 Å². The highest BCUT2D eigenvalue weighted by Crippen LogP contribution is 2.41. The number of Topliss-reactive ketones (excluding diaryl/α,β-unsaturated/α-hetero) is 4. The van der Waals surface area contributed by atoms with Crippen LogP contribution in [0.25, 0.3) is 11.1 Å². The second kappa shape index (κ2) is 26.8. The number of unbranched alkanes of at least 4 members (excludes halogenated alkanes) is 1. The van der Waals surface area contributed by atoms with E-state index >= 15 is 0 Å². The maximum atomic E-state index is 14.6. The summed E-state index contributed by atoms with van der Waals surface area (Å²) in [7, 11) is 1.45. The number of nitrogens with zero attached hydrogens (tertiary/aromatic N) is 2. The Morgan fingerprint density at radius 2 is 1.58 bits per heavy atom. The first-order chi connectivity index (χ1) is 32.1. The van der Waals surface area contributed by atoms with Crippen LogP contribution in [-0.2, 0) is 41.6 Å². The summed E-state index contributed by atoms with van der Waals surface area (Å²) in [5, 5.41) is 14.6. The van der Waals surface area contributed by atoms with Gasteiger partial charge in [-0.3, -0.25) is 33.6 Å². The molecule has 3 aromatic carbocycles. The molecule has 0 saturated carbocycles. The Kier molecular flexibility index (Phi) is 21.3. The van der Waals surface area contributed by atoms with Crippen LogP contribution in [0.15, 0.2) is 54.6 Å². The van der Waals surface area contributed by atoms with Crippen molar-refractivity contribution in [1.82, 2.24) is 15.5 Å². The fraction of sp³-hybridized carbons (Fsp3) is 0.490. The van der Waals surface area contributed by atoms with Crippen LogP contribution in [0.2, 0.25) is 0 Å². The molecule has 0 aromatic heterocycles. The minimum absolute atomic E-state index is 0.0360. The van der Waals surface area contributed by atoms with Crippen LogP contribution in [0.5, 0.6) is 11.5 Å². The van der Waals surface area contributed by atoms with E-state index in [0.717, 1.165) is 30.4 Å². The maximum Gasteiger partial charge on any atom is 0.226 e. The normalized spacial score (nSPS) is 16.4. The van der Waals surface area contributed by atoms with Gasteiger partial charge in [0.15, 0.2) is 23.1 Å². The first-order valence-corrected chi connectivity index (χ1v) is 23.2. The number of carbonyl (C=O) groups is 7. The second-order valence-electron chi connectivity index (χ2n) is 17.1. The molecule has 4 rings (SSSR count). The molecule has 1 heterocycles. The van der Waals surface area contributed by atoms with Crippen molar-refractivity contribution in [3.05, 3.63) is 82.4 Å². The van der Waals surface area contributed by atoms with Crippen molar-refractivity contribution in [2.45, 2.75) is 103 Å². The highest BCUT2D eigenvalue weighted by Gasteiger charge is 2.36. The third-order valence-corrected chi connectivity index (χ3v) is 11.8. The Morgan fingerprint density at radius 3 is 2.22 bits per heavy atom. The molecule has 1 aliphatic heterocycles. The van der Waals surface area contributed by atoms with Gasteiger partial charge in [-0.1, -0.05) is 50.6 Å². The smallest absolute Gasteiger partial charge is 0.226 e. The fourth-order valence-electron chi connectivity index (χ4n) is 8.21. The minimum atomic E-state index is -1.28. The number of carbonyl (C=O) groups excluding carboxylic acids is 7. The average molecular weight is 922 g/mol. The van der Waals surface area contributed by atoms with E-state index in [9.17, 15) is 38.8 Å². The number of aryl methyl sites for hydroxylation is 2. The molecule has 0 aliphatic carbocycles. The molecule has 16 heteroatoms. The largest absolute Gasteiger partial charge is 0.492 e. The third-order valence-electron chi connectivity index (χ3n) is 11.8. The molecule has 3 aromatic rings. The van der Waals surface area contributed by atoms with Gasteiger partial charge < -0.3 is 42.2 Å². The van der Waals surface area contributed by atoms with Crippen LogP contribution in [0.3, 0.4) is 0 Å².